The van der Waals surface area contributed by atoms with Gasteiger partial charge in [-0.2, -0.15) is 13.4 Å². The van der Waals surface area contributed by atoms with Gasteiger partial charge in [-0.1, -0.05) is 72.8 Å². The van der Waals surface area contributed by atoms with E-state index in [1.807, 2.05) is 69.4 Å². The van der Waals surface area contributed by atoms with Crippen LogP contribution < -0.4 is 37.9 Å². The van der Waals surface area contributed by atoms with Crippen LogP contribution in [-0.2, 0) is 88.8 Å². The van der Waals surface area contributed by atoms with Gasteiger partial charge in [0, 0.05) is 71.6 Å². The van der Waals surface area contributed by atoms with Crippen LogP contribution in [0.15, 0.2) is 189 Å². The van der Waals surface area contributed by atoms with Crippen LogP contribution in [-0.4, -0.2) is 197 Å². The highest BCUT2D eigenvalue weighted by Gasteiger charge is 2.43. The number of rotatable bonds is 30. The molecule has 0 spiro atoms. The second-order valence-corrected chi connectivity index (χ2v) is 38.9. The van der Waals surface area contributed by atoms with Gasteiger partial charge < -0.3 is 47.7 Å². The molecular formula is C80H92I2N14O18S4. The summed E-state index contributed by atoms with van der Waals surface area (Å²) in [6.07, 6.45) is -0.593. The summed E-state index contributed by atoms with van der Waals surface area (Å²) < 4.78 is 174. The standard InChI is InChI=1S/2C40H46IN7O9S2/c1-40(2,3)57-39(49)46-22-21-30(26-46)44-58(50,51)35-20-19-34(41)36(38-42-45-48(43-38)25-29-11-17-33(56-6)18-12-29)37(35)59(52,53)47(23-27-7-13-31(54-4)14-8-27)24-28-9-15-32(55-5)16-10-28;1-40(2,3)57-39(49)46-22-21-30(26-46)43-58(50,51)35-20-19-34(41)36(38-42-44-45-48(38)25-29-11-17-33(56-6)18-12-29)37(35)59(52,53)47(23-27-7-13-31(54-4)14-8-27)24-28-9-15-32(55-5)16-10-28/h7-20,30,44H,21-26H2,1-6H3;7-20,30,43H,21-26H2,1-6H3/t2*30-/m11/s1. The first-order valence-corrected chi connectivity index (χ1v) is 45.0. The van der Waals surface area contributed by atoms with Crippen LogP contribution in [0.4, 0.5) is 9.59 Å². The number of nitrogens with zero attached hydrogens (tertiary/aromatic N) is 12. The first-order chi connectivity index (χ1) is 56.0. The number of amides is 2. The van der Waals surface area contributed by atoms with Crippen molar-refractivity contribution in [2.45, 2.75) is 137 Å². The largest absolute Gasteiger partial charge is 0.497 e. The van der Waals surface area contributed by atoms with E-state index in [9.17, 15) is 26.4 Å². The SMILES string of the molecule is COc1ccc(CN(Cc2ccc(OC)cc2)S(=O)(=O)c2c(S(=O)(=O)N[C@@H]3CCN(C(=O)OC(C)(C)C)C3)ccc(I)c2-c2nnn(Cc3ccc(OC)cc3)n2)cc1.COc1ccc(CN(Cc2ccc(OC)cc2)S(=O)(=O)c2c(S(=O)(=O)N[C@@H]3CCN(C(=O)OC(C)(C)C)C3)ccc(I)c2-c2nnnn2Cc2ccc(OC)cc2)cc1. The van der Waals surface area contributed by atoms with E-state index in [0.29, 0.717) is 63.9 Å². The topological polar surface area (TPSA) is 369 Å². The third-order valence-corrected chi connectivity index (χ3v) is 27.7. The molecule has 0 aliphatic carbocycles. The van der Waals surface area contributed by atoms with Crippen LogP contribution in [0.1, 0.15) is 87.8 Å². The zero-order chi connectivity index (χ0) is 85.1. The van der Waals surface area contributed by atoms with Crippen molar-refractivity contribution in [3.8, 4) is 57.3 Å². The van der Waals surface area contributed by atoms with Crippen LogP contribution >= 0.6 is 45.2 Å². The molecule has 4 heterocycles. The number of methoxy groups -OCH3 is 6. The fraction of sp³-hybridized carbons (Fsp3) is 0.350. The number of sulfonamides is 4. The van der Waals surface area contributed by atoms with E-state index in [0.717, 1.165) is 11.1 Å². The Labute approximate surface area is 714 Å². The maximum absolute atomic E-state index is 15.6. The Kier molecular flexibility index (Phi) is 28.8. The maximum atomic E-state index is 15.6. The molecule has 10 aromatic rings. The summed E-state index contributed by atoms with van der Waals surface area (Å²) >= 11 is 3.93. The molecular weight excluding hydrogens is 1830 g/mol. The Bertz CT molecular complexity index is 5550. The number of benzene rings is 8. The monoisotopic (exact) mass is 1920 g/mol. The van der Waals surface area contributed by atoms with Crippen molar-refractivity contribution in [3.05, 3.63) is 210 Å². The third-order valence-electron chi connectivity index (χ3n) is 18.7. The predicted octanol–water partition coefficient (Wildman–Crippen LogP) is 11.4. The highest BCUT2D eigenvalue weighted by Crippen LogP contribution is 2.42. The molecule has 118 heavy (non-hydrogen) atoms. The first-order valence-electron chi connectivity index (χ1n) is 37.0. The van der Waals surface area contributed by atoms with Gasteiger partial charge in [-0.15, -0.1) is 15.3 Å². The minimum absolute atomic E-state index is 0.00301. The summed E-state index contributed by atoms with van der Waals surface area (Å²) in [7, 11) is -9.46. The molecule has 2 fully saturated rings. The summed E-state index contributed by atoms with van der Waals surface area (Å²) in [5.74, 6) is 3.58. The smallest absolute Gasteiger partial charge is 0.410 e. The van der Waals surface area contributed by atoms with Crippen molar-refractivity contribution in [2.24, 2.45) is 0 Å². The van der Waals surface area contributed by atoms with Crippen molar-refractivity contribution in [2.75, 3.05) is 68.8 Å². The van der Waals surface area contributed by atoms with Crippen LogP contribution in [0.5, 0.6) is 34.5 Å². The van der Waals surface area contributed by atoms with E-state index < -0.39 is 95.1 Å². The zero-order valence-electron chi connectivity index (χ0n) is 66.9. The van der Waals surface area contributed by atoms with Crippen molar-refractivity contribution in [1.29, 1.82) is 0 Å². The number of hydrogen-bond acceptors (Lipinski definition) is 24. The highest BCUT2D eigenvalue weighted by molar-refractivity contribution is 14.1. The van der Waals surface area contributed by atoms with E-state index in [1.54, 1.807) is 177 Å². The number of carbonyl (C=O) groups is 2. The number of aromatic nitrogens is 8. The summed E-state index contributed by atoms with van der Waals surface area (Å²) in [6, 6.07) is 46.3. The predicted molar refractivity (Wildman–Crippen MR) is 454 cm³/mol. The van der Waals surface area contributed by atoms with Gasteiger partial charge in [0.25, 0.3) is 0 Å². The van der Waals surface area contributed by atoms with Gasteiger partial charge in [0.2, 0.25) is 45.9 Å². The van der Waals surface area contributed by atoms with Gasteiger partial charge in [-0.25, -0.2) is 57.4 Å². The Hall–Kier alpha value is -9.66. The second kappa shape index (κ2) is 38.2. The molecule has 8 aromatic carbocycles. The number of likely N-dealkylation sites (tertiary alicyclic amines) is 2. The van der Waals surface area contributed by atoms with Gasteiger partial charge in [0.05, 0.1) is 66.9 Å². The van der Waals surface area contributed by atoms with Gasteiger partial charge in [0.15, 0.2) is 5.82 Å². The fourth-order valence-electron chi connectivity index (χ4n) is 12.8. The van der Waals surface area contributed by atoms with E-state index in [4.69, 9.17) is 37.9 Å². The molecule has 38 heteroatoms. The van der Waals surface area contributed by atoms with E-state index >= 15 is 16.8 Å². The Morgan fingerprint density at radius 1 is 0.432 bits per heavy atom. The number of tetrazole rings is 2. The van der Waals surface area contributed by atoms with Crippen molar-refractivity contribution in [3.63, 3.8) is 0 Å². The van der Waals surface area contributed by atoms with Crippen LogP contribution in [0, 0.1) is 7.14 Å². The molecule has 12 rings (SSSR count). The number of hydrogen-bond donors (Lipinski definition) is 2. The molecule has 0 saturated carbocycles. The first kappa shape index (κ1) is 89.1. The fourth-order valence-corrected chi connectivity index (χ4v) is 21.9. The van der Waals surface area contributed by atoms with Crippen molar-refractivity contribution >= 4 is 97.5 Å². The lowest BCUT2D eigenvalue weighted by Gasteiger charge is -2.26. The summed E-state index contributed by atoms with van der Waals surface area (Å²) in [4.78, 5) is 27.9. The summed E-state index contributed by atoms with van der Waals surface area (Å²) in [6.45, 7) is 10.8. The molecule has 2 aliphatic rings. The molecule has 2 amide bonds. The number of ether oxygens (including phenoxy) is 8. The minimum atomic E-state index is -4.76. The van der Waals surface area contributed by atoms with Crippen LogP contribution in [0.2, 0.25) is 0 Å². The third kappa shape index (κ3) is 22.4. The highest BCUT2D eigenvalue weighted by atomic mass is 127. The maximum Gasteiger partial charge on any atom is 0.410 e. The van der Waals surface area contributed by atoms with Gasteiger partial charge >= 0.3 is 12.2 Å². The molecule has 2 aromatic heterocycles. The molecule has 0 bridgehead atoms. The van der Waals surface area contributed by atoms with E-state index in [2.05, 4.69) is 40.4 Å². The Morgan fingerprint density at radius 3 is 1.09 bits per heavy atom. The molecule has 0 unspecified atom stereocenters. The molecule has 2 aliphatic heterocycles. The average Bonchev–Trinajstić information content (AvgIpc) is 1.19. The Balaban J connectivity index is 0.000000231. The molecule has 2 atom stereocenters. The molecule has 628 valence electrons. The van der Waals surface area contributed by atoms with Gasteiger partial charge in [-0.05, 0) is 246 Å². The van der Waals surface area contributed by atoms with E-state index in [1.165, 1.54) is 80.6 Å². The van der Waals surface area contributed by atoms with Crippen molar-refractivity contribution < 1.29 is 81.2 Å². The normalized spacial score (nSPS) is 14.7. The lowest BCUT2D eigenvalue weighted by Crippen LogP contribution is -2.41. The second-order valence-electron chi connectivity index (χ2n) is 29.5. The minimum Gasteiger partial charge on any atom is -0.497 e. The van der Waals surface area contributed by atoms with Gasteiger partial charge in [0.1, 0.15) is 65.3 Å². The average molecular weight is 1920 g/mol. The quantitative estimate of drug-likeness (QED) is 0.0395. The lowest BCUT2D eigenvalue weighted by molar-refractivity contribution is 0.0281. The summed E-state index contributed by atoms with van der Waals surface area (Å²) in [5, 5.41) is 25.5. The number of halogens is 2. The molecule has 0 radical (unpaired) electrons. The zero-order valence-corrected chi connectivity index (χ0v) is 74.5. The lowest BCUT2D eigenvalue weighted by atomic mass is 10.2. The summed E-state index contributed by atoms with van der Waals surface area (Å²) in [5.41, 5.74) is 2.55. The van der Waals surface area contributed by atoms with E-state index in [-0.39, 0.29) is 101 Å². The van der Waals surface area contributed by atoms with Crippen LogP contribution in [0.3, 0.4) is 0 Å². The van der Waals surface area contributed by atoms with Crippen LogP contribution in [0.25, 0.3) is 22.8 Å². The number of carbonyl (C=O) groups excluding carboxylic acids is 2. The molecule has 2 saturated heterocycles. The molecule has 32 nitrogen and oxygen atoms in total. The number of nitrogens with one attached hydrogen (secondary N) is 2. The Morgan fingerprint density at radius 2 is 0.754 bits per heavy atom. The van der Waals surface area contributed by atoms with Gasteiger partial charge in [-0.3, -0.25) is 0 Å². The molecule has 2 N–H and O–H groups in total. The van der Waals surface area contributed by atoms with Crippen molar-refractivity contribution in [1.82, 2.24) is 68.3 Å².